The van der Waals surface area contributed by atoms with Gasteiger partial charge in [0, 0.05) is 26.2 Å². The second-order valence-corrected chi connectivity index (χ2v) is 4.29. The molecular formula is C12H20N4O. The summed E-state index contributed by atoms with van der Waals surface area (Å²) in [6.45, 7) is 6.65. The van der Waals surface area contributed by atoms with Crippen molar-refractivity contribution in [3.63, 3.8) is 0 Å². The number of nitrogens with zero attached hydrogens (tertiary/aromatic N) is 3. The van der Waals surface area contributed by atoms with E-state index in [-0.39, 0.29) is 0 Å². The molecule has 0 atom stereocenters. The van der Waals surface area contributed by atoms with E-state index in [0.717, 1.165) is 32.0 Å². The van der Waals surface area contributed by atoms with Crippen LogP contribution in [0, 0.1) is 0 Å². The van der Waals surface area contributed by atoms with E-state index < -0.39 is 0 Å². The standard InChI is InChI=1S/C12H20N4O/c1-3-17-12-10(13)4-5-11(14-12)16-8-6-15(2)7-9-16/h4-5H,3,6-9,13H2,1-2H3. The van der Waals surface area contributed by atoms with Crippen LogP contribution in [0.2, 0.25) is 0 Å². The van der Waals surface area contributed by atoms with E-state index in [1.54, 1.807) is 0 Å². The largest absolute Gasteiger partial charge is 0.476 e. The van der Waals surface area contributed by atoms with Gasteiger partial charge < -0.3 is 20.3 Å². The molecule has 0 amide bonds. The van der Waals surface area contributed by atoms with Crippen LogP contribution < -0.4 is 15.4 Å². The number of nitrogens with two attached hydrogens (primary N) is 1. The smallest absolute Gasteiger partial charge is 0.239 e. The van der Waals surface area contributed by atoms with Crippen molar-refractivity contribution in [1.82, 2.24) is 9.88 Å². The summed E-state index contributed by atoms with van der Waals surface area (Å²) in [7, 11) is 2.14. The van der Waals surface area contributed by atoms with E-state index in [0.29, 0.717) is 18.2 Å². The Morgan fingerprint density at radius 1 is 1.29 bits per heavy atom. The topological polar surface area (TPSA) is 54.6 Å². The van der Waals surface area contributed by atoms with Gasteiger partial charge in [0.25, 0.3) is 0 Å². The maximum Gasteiger partial charge on any atom is 0.239 e. The molecule has 0 radical (unpaired) electrons. The highest BCUT2D eigenvalue weighted by molar-refractivity contribution is 5.54. The van der Waals surface area contributed by atoms with Crippen LogP contribution in [-0.2, 0) is 0 Å². The number of hydrogen-bond donors (Lipinski definition) is 1. The van der Waals surface area contributed by atoms with Crippen LogP contribution in [0.4, 0.5) is 11.5 Å². The van der Waals surface area contributed by atoms with Crippen LogP contribution in [0.1, 0.15) is 6.92 Å². The normalized spacial score (nSPS) is 17.2. The van der Waals surface area contributed by atoms with Gasteiger partial charge in [-0.1, -0.05) is 0 Å². The minimum atomic E-state index is 0.545. The molecular weight excluding hydrogens is 216 g/mol. The van der Waals surface area contributed by atoms with Gasteiger partial charge in [-0.3, -0.25) is 0 Å². The summed E-state index contributed by atoms with van der Waals surface area (Å²) in [6, 6.07) is 3.83. The van der Waals surface area contributed by atoms with Gasteiger partial charge in [-0.25, -0.2) is 0 Å². The molecule has 1 aliphatic heterocycles. The summed E-state index contributed by atoms with van der Waals surface area (Å²) in [5.74, 6) is 1.50. The Labute approximate surface area is 102 Å². The molecule has 17 heavy (non-hydrogen) atoms. The Kier molecular flexibility index (Phi) is 3.68. The number of piperazine rings is 1. The van der Waals surface area contributed by atoms with Crippen LogP contribution in [0.5, 0.6) is 5.88 Å². The van der Waals surface area contributed by atoms with Crippen LogP contribution in [0.3, 0.4) is 0 Å². The minimum Gasteiger partial charge on any atom is -0.476 e. The van der Waals surface area contributed by atoms with Crippen molar-refractivity contribution in [2.75, 3.05) is 50.5 Å². The molecule has 1 aliphatic rings. The molecule has 5 nitrogen and oxygen atoms in total. The van der Waals surface area contributed by atoms with E-state index >= 15 is 0 Å². The third kappa shape index (κ3) is 2.79. The molecule has 1 aromatic rings. The quantitative estimate of drug-likeness (QED) is 0.842. The van der Waals surface area contributed by atoms with Crippen LogP contribution in [0.15, 0.2) is 12.1 Å². The molecule has 1 aromatic heterocycles. The highest BCUT2D eigenvalue weighted by Gasteiger charge is 2.16. The molecule has 0 bridgehead atoms. The molecule has 0 unspecified atom stereocenters. The highest BCUT2D eigenvalue weighted by atomic mass is 16.5. The molecule has 2 rings (SSSR count). The monoisotopic (exact) mass is 236 g/mol. The molecule has 0 aromatic carbocycles. The van der Waals surface area contributed by atoms with Gasteiger partial charge in [-0.2, -0.15) is 4.98 Å². The van der Waals surface area contributed by atoms with Gasteiger partial charge >= 0.3 is 0 Å². The second kappa shape index (κ2) is 5.23. The first-order valence-electron chi connectivity index (χ1n) is 6.03. The van der Waals surface area contributed by atoms with Gasteiger partial charge in [-0.15, -0.1) is 0 Å². The number of rotatable bonds is 3. The second-order valence-electron chi connectivity index (χ2n) is 4.29. The zero-order valence-corrected chi connectivity index (χ0v) is 10.5. The predicted molar refractivity (Wildman–Crippen MR) is 69.5 cm³/mol. The molecule has 94 valence electrons. The predicted octanol–water partition coefficient (Wildman–Crippen LogP) is 0.814. The third-order valence-corrected chi connectivity index (χ3v) is 2.98. The fourth-order valence-electron chi connectivity index (χ4n) is 1.91. The number of aromatic nitrogens is 1. The number of hydrogen-bond acceptors (Lipinski definition) is 5. The SMILES string of the molecule is CCOc1nc(N2CCN(C)CC2)ccc1N. The van der Waals surface area contributed by atoms with Crippen molar-refractivity contribution >= 4 is 11.5 Å². The summed E-state index contributed by atoms with van der Waals surface area (Å²) >= 11 is 0. The number of likely N-dealkylation sites (N-methyl/N-ethyl adjacent to an activating group) is 1. The zero-order chi connectivity index (χ0) is 12.3. The van der Waals surface area contributed by atoms with Crippen LogP contribution in [0.25, 0.3) is 0 Å². The average molecular weight is 236 g/mol. The van der Waals surface area contributed by atoms with Crippen LogP contribution >= 0.6 is 0 Å². The first-order chi connectivity index (χ1) is 8.20. The Morgan fingerprint density at radius 2 is 2.00 bits per heavy atom. The van der Waals surface area contributed by atoms with Crippen molar-refractivity contribution in [2.24, 2.45) is 0 Å². The molecule has 0 saturated carbocycles. The number of anilines is 2. The van der Waals surface area contributed by atoms with Crippen molar-refractivity contribution in [1.29, 1.82) is 0 Å². The number of ether oxygens (including phenoxy) is 1. The van der Waals surface area contributed by atoms with Gasteiger partial charge in [-0.05, 0) is 26.1 Å². The lowest BCUT2D eigenvalue weighted by atomic mass is 10.3. The van der Waals surface area contributed by atoms with Crippen molar-refractivity contribution in [3.8, 4) is 5.88 Å². The van der Waals surface area contributed by atoms with Crippen molar-refractivity contribution < 1.29 is 4.74 Å². The summed E-state index contributed by atoms with van der Waals surface area (Å²) < 4.78 is 5.42. The van der Waals surface area contributed by atoms with E-state index in [1.807, 2.05) is 19.1 Å². The first kappa shape index (κ1) is 12.0. The number of nitrogen functional groups attached to an aromatic ring is 1. The molecule has 0 spiro atoms. The fourth-order valence-corrected chi connectivity index (χ4v) is 1.91. The minimum absolute atomic E-state index is 0.545. The third-order valence-electron chi connectivity index (χ3n) is 2.98. The molecule has 0 aliphatic carbocycles. The van der Waals surface area contributed by atoms with Gasteiger partial charge in [0.2, 0.25) is 5.88 Å². The maximum absolute atomic E-state index is 5.81. The molecule has 2 heterocycles. The van der Waals surface area contributed by atoms with Crippen molar-refractivity contribution in [2.45, 2.75) is 6.92 Å². The molecule has 5 heteroatoms. The maximum atomic E-state index is 5.81. The summed E-state index contributed by atoms with van der Waals surface area (Å²) in [5, 5.41) is 0. The molecule has 1 fully saturated rings. The molecule has 2 N–H and O–H groups in total. The summed E-state index contributed by atoms with van der Waals surface area (Å²) in [5.41, 5.74) is 6.41. The zero-order valence-electron chi connectivity index (χ0n) is 10.5. The summed E-state index contributed by atoms with van der Waals surface area (Å²) in [6.07, 6.45) is 0. The Hall–Kier alpha value is -1.49. The Morgan fingerprint density at radius 3 is 2.65 bits per heavy atom. The lowest BCUT2D eigenvalue weighted by molar-refractivity contribution is 0.309. The lowest BCUT2D eigenvalue weighted by Crippen LogP contribution is -2.44. The fraction of sp³-hybridized carbons (Fsp3) is 0.583. The highest BCUT2D eigenvalue weighted by Crippen LogP contribution is 2.23. The Balaban J connectivity index is 2.12. The van der Waals surface area contributed by atoms with E-state index in [4.69, 9.17) is 10.5 Å². The lowest BCUT2D eigenvalue weighted by Gasteiger charge is -2.33. The summed E-state index contributed by atoms with van der Waals surface area (Å²) in [4.78, 5) is 9.05. The van der Waals surface area contributed by atoms with Crippen LogP contribution in [-0.4, -0.2) is 49.7 Å². The number of pyridine rings is 1. The van der Waals surface area contributed by atoms with Crippen molar-refractivity contribution in [3.05, 3.63) is 12.1 Å². The van der Waals surface area contributed by atoms with Gasteiger partial charge in [0.1, 0.15) is 5.82 Å². The van der Waals surface area contributed by atoms with E-state index in [2.05, 4.69) is 21.8 Å². The van der Waals surface area contributed by atoms with Gasteiger partial charge in [0.05, 0.1) is 12.3 Å². The van der Waals surface area contributed by atoms with E-state index in [1.165, 1.54) is 0 Å². The van der Waals surface area contributed by atoms with E-state index in [9.17, 15) is 0 Å². The Bertz CT molecular complexity index is 375. The average Bonchev–Trinajstić information content (AvgIpc) is 2.33. The first-order valence-corrected chi connectivity index (χ1v) is 6.03. The van der Waals surface area contributed by atoms with Gasteiger partial charge in [0.15, 0.2) is 0 Å². The molecule has 1 saturated heterocycles.